The lowest BCUT2D eigenvalue weighted by Gasteiger charge is -2.18. The predicted molar refractivity (Wildman–Crippen MR) is 79.2 cm³/mol. The van der Waals surface area contributed by atoms with Crippen molar-refractivity contribution in [2.75, 3.05) is 7.05 Å². The smallest absolute Gasteiger partial charge is 0.254 e. The monoisotopic (exact) mass is 370 g/mol. The summed E-state index contributed by atoms with van der Waals surface area (Å²) in [4.78, 5) is 17.8. The molecular weight excluding hydrogens is 358 g/mol. The molecule has 0 spiro atoms. The number of rotatable bonds is 3. The quantitative estimate of drug-likeness (QED) is 0.779. The second-order valence-electron chi connectivity index (χ2n) is 4.14. The molecule has 2 rings (SSSR count). The van der Waals surface area contributed by atoms with Crippen molar-refractivity contribution in [1.29, 1.82) is 0 Å². The third kappa shape index (κ3) is 3.50. The Morgan fingerprint density at radius 1 is 1.32 bits per heavy atom. The molecule has 0 saturated carbocycles. The molecule has 0 radical (unpaired) electrons. The highest BCUT2D eigenvalue weighted by Crippen LogP contribution is 2.16. The van der Waals surface area contributed by atoms with Gasteiger partial charge in [0.1, 0.15) is 5.82 Å². The summed E-state index contributed by atoms with van der Waals surface area (Å²) in [6.07, 6.45) is 3.38. The molecule has 1 aromatic carbocycles. The fourth-order valence-electron chi connectivity index (χ4n) is 1.70. The normalized spacial score (nSPS) is 10.3. The van der Waals surface area contributed by atoms with Crippen LogP contribution in [0.3, 0.4) is 0 Å². The van der Waals surface area contributed by atoms with E-state index in [9.17, 15) is 9.18 Å². The van der Waals surface area contributed by atoms with Crippen LogP contribution in [0.1, 0.15) is 15.9 Å². The number of benzene rings is 1. The molecule has 0 fully saturated rings. The van der Waals surface area contributed by atoms with E-state index >= 15 is 0 Å². The van der Waals surface area contributed by atoms with Crippen molar-refractivity contribution in [3.63, 3.8) is 0 Å². The molecule has 0 atom stereocenters. The summed E-state index contributed by atoms with van der Waals surface area (Å²) < 4.78 is 13.6. The number of hydrogen-bond donors (Lipinski definition) is 0. The zero-order valence-electron chi connectivity index (χ0n) is 10.3. The number of carbonyl (C=O) groups excluding carboxylic acids is 1. The van der Waals surface area contributed by atoms with Gasteiger partial charge in [0, 0.05) is 29.6 Å². The number of hydrogen-bond acceptors (Lipinski definition) is 2. The van der Waals surface area contributed by atoms with E-state index in [1.54, 1.807) is 24.3 Å². The van der Waals surface area contributed by atoms with Crippen LogP contribution in [0.4, 0.5) is 4.39 Å². The number of nitrogens with zero attached hydrogens (tertiary/aromatic N) is 2. The summed E-state index contributed by atoms with van der Waals surface area (Å²) >= 11 is 1.97. The van der Waals surface area contributed by atoms with E-state index in [0.717, 1.165) is 5.56 Å². The van der Waals surface area contributed by atoms with Crippen LogP contribution < -0.4 is 0 Å². The van der Waals surface area contributed by atoms with Crippen molar-refractivity contribution in [2.45, 2.75) is 6.54 Å². The lowest BCUT2D eigenvalue weighted by atomic mass is 10.2. The van der Waals surface area contributed by atoms with Gasteiger partial charge in [-0.15, -0.1) is 0 Å². The molecular formula is C14H12FIN2O. The van der Waals surface area contributed by atoms with Gasteiger partial charge in [-0.1, -0.05) is 0 Å². The van der Waals surface area contributed by atoms with E-state index in [4.69, 9.17) is 0 Å². The average molecular weight is 370 g/mol. The van der Waals surface area contributed by atoms with Crippen LogP contribution in [0.5, 0.6) is 0 Å². The van der Waals surface area contributed by atoms with Crippen molar-refractivity contribution in [3.05, 3.63) is 63.2 Å². The van der Waals surface area contributed by atoms with Crippen molar-refractivity contribution < 1.29 is 9.18 Å². The van der Waals surface area contributed by atoms with E-state index in [1.165, 1.54) is 18.2 Å². The van der Waals surface area contributed by atoms with Gasteiger partial charge in [-0.2, -0.15) is 0 Å². The fourth-order valence-corrected chi connectivity index (χ4v) is 2.41. The van der Waals surface area contributed by atoms with E-state index < -0.39 is 0 Å². The Hall–Kier alpha value is -1.50. The minimum atomic E-state index is -0.335. The van der Waals surface area contributed by atoms with Gasteiger partial charge in [-0.05, 0) is 58.5 Å². The van der Waals surface area contributed by atoms with Gasteiger partial charge in [-0.25, -0.2) is 4.39 Å². The van der Waals surface area contributed by atoms with Crippen LogP contribution in [0.15, 0.2) is 42.7 Å². The summed E-state index contributed by atoms with van der Waals surface area (Å²) in [5.41, 5.74) is 1.52. The topological polar surface area (TPSA) is 33.2 Å². The Morgan fingerprint density at radius 3 is 2.63 bits per heavy atom. The largest absolute Gasteiger partial charge is 0.337 e. The first-order valence-corrected chi connectivity index (χ1v) is 6.75. The second-order valence-corrected chi connectivity index (χ2v) is 5.30. The highest BCUT2D eigenvalue weighted by Gasteiger charge is 2.15. The first kappa shape index (κ1) is 13.9. The van der Waals surface area contributed by atoms with Crippen LogP contribution >= 0.6 is 22.6 Å². The minimum Gasteiger partial charge on any atom is -0.337 e. The van der Waals surface area contributed by atoms with Gasteiger partial charge in [0.05, 0.1) is 5.56 Å². The maximum atomic E-state index is 13.0. The number of halogens is 2. The summed E-state index contributed by atoms with van der Waals surface area (Å²) in [5, 5.41) is 0. The molecule has 1 aromatic heterocycles. The zero-order valence-corrected chi connectivity index (χ0v) is 12.5. The van der Waals surface area contributed by atoms with Crippen molar-refractivity contribution in [2.24, 2.45) is 0 Å². The van der Waals surface area contributed by atoms with Crippen LogP contribution in [-0.2, 0) is 6.54 Å². The van der Waals surface area contributed by atoms with Gasteiger partial charge in [-0.3, -0.25) is 9.78 Å². The molecule has 0 bridgehead atoms. The molecule has 1 heterocycles. The molecule has 98 valence electrons. The first-order chi connectivity index (χ1) is 9.08. The Kier molecular flexibility index (Phi) is 4.47. The van der Waals surface area contributed by atoms with Gasteiger partial charge in [0.25, 0.3) is 5.91 Å². The summed E-state index contributed by atoms with van der Waals surface area (Å²) in [6.45, 7) is 0.495. The standard InChI is InChI=1S/C14H12FIN2O/c1-18(9-10-4-6-17-7-5-10)14(19)12-3-2-11(15)8-13(12)16/h2-8H,9H2,1H3. The van der Waals surface area contributed by atoms with Crippen LogP contribution in [-0.4, -0.2) is 22.8 Å². The molecule has 0 N–H and O–H groups in total. The molecule has 5 heteroatoms. The molecule has 0 aliphatic heterocycles. The molecule has 0 unspecified atom stereocenters. The highest BCUT2D eigenvalue weighted by molar-refractivity contribution is 14.1. The molecule has 19 heavy (non-hydrogen) atoms. The fraction of sp³-hybridized carbons (Fsp3) is 0.143. The number of amides is 1. The van der Waals surface area contributed by atoms with Gasteiger partial charge >= 0.3 is 0 Å². The third-order valence-electron chi connectivity index (χ3n) is 2.68. The lowest BCUT2D eigenvalue weighted by molar-refractivity contribution is 0.0784. The van der Waals surface area contributed by atoms with Crippen LogP contribution in [0.25, 0.3) is 0 Å². The lowest BCUT2D eigenvalue weighted by Crippen LogP contribution is -2.26. The molecule has 0 saturated heterocycles. The Balaban J connectivity index is 2.15. The number of aromatic nitrogens is 1. The van der Waals surface area contributed by atoms with Crippen molar-refractivity contribution in [3.8, 4) is 0 Å². The summed E-state index contributed by atoms with van der Waals surface area (Å²) in [7, 11) is 1.72. The second kappa shape index (κ2) is 6.10. The number of carbonyl (C=O) groups is 1. The summed E-state index contributed by atoms with van der Waals surface area (Å²) in [5.74, 6) is -0.459. The van der Waals surface area contributed by atoms with Crippen molar-refractivity contribution in [1.82, 2.24) is 9.88 Å². The Morgan fingerprint density at radius 2 is 2.00 bits per heavy atom. The van der Waals surface area contributed by atoms with Gasteiger partial charge in [0.15, 0.2) is 0 Å². The molecule has 3 nitrogen and oxygen atoms in total. The predicted octanol–water partition coefficient (Wildman–Crippen LogP) is 3.10. The molecule has 0 aliphatic rings. The first-order valence-electron chi connectivity index (χ1n) is 5.67. The van der Waals surface area contributed by atoms with E-state index in [2.05, 4.69) is 4.98 Å². The third-order valence-corrected chi connectivity index (χ3v) is 3.57. The molecule has 0 aliphatic carbocycles. The SMILES string of the molecule is CN(Cc1ccncc1)C(=O)c1ccc(F)cc1I. The van der Waals surface area contributed by atoms with Crippen molar-refractivity contribution >= 4 is 28.5 Å². The molecule has 1 amide bonds. The maximum Gasteiger partial charge on any atom is 0.254 e. The average Bonchev–Trinajstić information content (AvgIpc) is 2.39. The van der Waals surface area contributed by atoms with E-state index in [-0.39, 0.29) is 11.7 Å². The summed E-state index contributed by atoms with van der Waals surface area (Å²) in [6, 6.07) is 7.89. The number of pyridine rings is 1. The van der Waals surface area contributed by atoms with Gasteiger partial charge in [0.2, 0.25) is 0 Å². The van der Waals surface area contributed by atoms with Crippen LogP contribution in [0, 0.1) is 9.39 Å². The highest BCUT2D eigenvalue weighted by atomic mass is 127. The zero-order chi connectivity index (χ0) is 13.8. The Bertz CT molecular complexity index is 589. The van der Waals surface area contributed by atoms with E-state index in [0.29, 0.717) is 15.7 Å². The molecule has 2 aromatic rings. The van der Waals surface area contributed by atoms with Gasteiger partial charge < -0.3 is 4.90 Å². The van der Waals surface area contributed by atoms with Crippen LogP contribution in [0.2, 0.25) is 0 Å². The Labute approximate surface area is 124 Å². The van der Waals surface area contributed by atoms with E-state index in [1.807, 2.05) is 34.7 Å². The maximum absolute atomic E-state index is 13.0. The minimum absolute atomic E-state index is 0.124.